The molecule has 1 N–H and O–H groups in total. The number of aromatic nitrogens is 5. The smallest absolute Gasteiger partial charge is 0.252 e. The van der Waals surface area contributed by atoms with Gasteiger partial charge in [0.15, 0.2) is 5.82 Å². The second-order valence-corrected chi connectivity index (χ2v) is 8.21. The first-order chi connectivity index (χ1) is 16.2. The zero-order valence-electron chi connectivity index (χ0n) is 18.4. The van der Waals surface area contributed by atoms with E-state index in [9.17, 15) is 4.79 Å². The van der Waals surface area contributed by atoms with Crippen LogP contribution in [0.1, 0.15) is 30.0 Å². The highest BCUT2D eigenvalue weighted by atomic mass is 16.5. The molecule has 3 aromatic heterocycles. The topological polar surface area (TPSA) is 111 Å². The number of hydrogen-bond acceptors (Lipinski definition) is 8. The Morgan fingerprint density at radius 3 is 2.97 bits per heavy atom. The average Bonchev–Trinajstić information content (AvgIpc) is 3.59. The second kappa shape index (κ2) is 9.55. The van der Waals surface area contributed by atoms with Crippen LogP contribution in [0.4, 0.5) is 0 Å². The van der Waals surface area contributed by atoms with E-state index < -0.39 is 0 Å². The van der Waals surface area contributed by atoms with Crippen molar-refractivity contribution in [3.8, 4) is 5.75 Å². The summed E-state index contributed by atoms with van der Waals surface area (Å²) in [4.78, 5) is 17.9. The van der Waals surface area contributed by atoms with Crippen LogP contribution in [0.25, 0.3) is 10.9 Å². The summed E-state index contributed by atoms with van der Waals surface area (Å²) < 4.78 is 18.4. The zero-order valence-corrected chi connectivity index (χ0v) is 18.4. The third-order valence-electron chi connectivity index (χ3n) is 5.86. The summed E-state index contributed by atoms with van der Waals surface area (Å²) in [6.45, 7) is 2.78. The number of rotatable bonds is 9. The van der Waals surface area contributed by atoms with Gasteiger partial charge in [0.1, 0.15) is 11.5 Å². The van der Waals surface area contributed by atoms with Crippen molar-refractivity contribution in [3.05, 3.63) is 70.2 Å². The van der Waals surface area contributed by atoms with E-state index in [1.165, 1.54) is 0 Å². The van der Waals surface area contributed by atoms with Gasteiger partial charge in [-0.25, -0.2) is 4.68 Å². The predicted octanol–water partition coefficient (Wildman–Crippen LogP) is 2.50. The van der Waals surface area contributed by atoms with Gasteiger partial charge < -0.3 is 18.9 Å². The molecule has 1 saturated heterocycles. The lowest BCUT2D eigenvalue weighted by Crippen LogP contribution is -2.28. The highest BCUT2D eigenvalue weighted by Gasteiger charge is 2.21. The Balaban J connectivity index is 1.40. The van der Waals surface area contributed by atoms with Crippen molar-refractivity contribution >= 4 is 10.9 Å². The van der Waals surface area contributed by atoms with Gasteiger partial charge >= 0.3 is 0 Å². The number of methoxy groups -OCH3 is 1. The molecule has 0 saturated carbocycles. The van der Waals surface area contributed by atoms with Crippen LogP contribution < -0.4 is 10.3 Å². The molecular weight excluding hydrogens is 424 g/mol. The van der Waals surface area contributed by atoms with Gasteiger partial charge in [-0.3, -0.25) is 9.69 Å². The van der Waals surface area contributed by atoms with Gasteiger partial charge in [0.05, 0.1) is 44.6 Å². The number of ether oxygens (including phenoxy) is 2. The number of tetrazole rings is 1. The Morgan fingerprint density at radius 1 is 1.24 bits per heavy atom. The van der Waals surface area contributed by atoms with Gasteiger partial charge in [0.25, 0.3) is 5.56 Å². The summed E-state index contributed by atoms with van der Waals surface area (Å²) >= 11 is 0. The molecule has 1 fully saturated rings. The summed E-state index contributed by atoms with van der Waals surface area (Å²) in [5.41, 5.74) is 1.25. The molecule has 0 spiro atoms. The number of hydrogen-bond donors (Lipinski definition) is 1. The Morgan fingerprint density at radius 2 is 2.18 bits per heavy atom. The lowest BCUT2D eigenvalue weighted by molar-refractivity contribution is 0.0913. The number of H-pyrrole nitrogens is 1. The number of pyridine rings is 1. The highest BCUT2D eigenvalue weighted by Crippen LogP contribution is 2.20. The monoisotopic (exact) mass is 450 g/mol. The molecule has 10 heteroatoms. The first-order valence-corrected chi connectivity index (χ1v) is 11.0. The van der Waals surface area contributed by atoms with Crippen molar-refractivity contribution in [2.45, 2.75) is 45.1 Å². The van der Waals surface area contributed by atoms with E-state index in [1.807, 2.05) is 36.4 Å². The van der Waals surface area contributed by atoms with Gasteiger partial charge in [-0.1, -0.05) is 0 Å². The molecule has 1 atom stereocenters. The van der Waals surface area contributed by atoms with Crippen LogP contribution in [0.15, 0.2) is 51.9 Å². The average molecular weight is 450 g/mol. The second-order valence-electron chi connectivity index (χ2n) is 8.21. The van der Waals surface area contributed by atoms with E-state index in [0.29, 0.717) is 37.5 Å². The Kier molecular flexibility index (Phi) is 6.18. The predicted molar refractivity (Wildman–Crippen MR) is 120 cm³/mol. The fourth-order valence-electron chi connectivity index (χ4n) is 4.16. The van der Waals surface area contributed by atoms with E-state index in [0.717, 1.165) is 41.9 Å². The molecule has 172 valence electrons. The standard InChI is InChI=1S/C23H26N6O4/c1-31-18-7-6-16-10-17(23(30)24-21(16)11-18)12-28(13-19-4-2-8-32-19)15-22-25-26-27-29(22)14-20-5-3-9-33-20/h2,4,6-8,10-11,20H,3,5,9,12-15H2,1H3,(H,24,30)/t20-/m1/s1. The fourth-order valence-corrected chi connectivity index (χ4v) is 4.16. The first-order valence-electron chi connectivity index (χ1n) is 11.0. The van der Waals surface area contributed by atoms with E-state index in [2.05, 4.69) is 25.4 Å². The number of aromatic amines is 1. The maximum absolute atomic E-state index is 12.9. The molecule has 0 amide bonds. The summed E-state index contributed by atoms with van der Waals surface area (Å²) in [6, 6.07) is 11.3. The highest BCUT2D eigenvalue weighted by molar-refractivity contribution is 5.80. The zero-order chi connectivity index (χ0) is 22.6. The molecule has 10 nitrogen and oxygen atoms in total. The SMILES string of the molecule is COc1ccc2cc(CN(Cc3ccco3)Cc3nnnn3C[C@H]3CCCO3)c(=O)[nH]c2c1. The lowest BCUT2D eigenvalue weighted by Gasteiger charge is -2.21. The van der Waals surface area contributed by atoms with Gasteiger partial charge in [0.2, 0.25) is 0 Å². The maximum Gasteiger partial charge on any atom is 0.252 e. The van der Waals surface area contributed by atoms with Crippen LogP contribution in [0.5, 0.6) is 5.75 Å². The van der Waals surface area contributed by atoms with Crippen LogP contribution in [-0.2, 0) is 30.9 Å². The minimum atomic E-state index is -0.140. The third-order valence-corrected chi connectivity index (χ3v) is 5.86. The van der Waals surface area contributed by atoms with E-state index >= 15 is 0 Å². The molecule has 0 unspecified atom stereocenters. The Labute approximate surface area is 190 Å². The number of nitrogens with zero attached hydrogens (tertiary/aromatic N) is 5. The van der Waals surface area contributed by atoms with Crippen molar-refractivity contribution < 1.29 is 13.9 Å². The van der Waals surface area contributed by atoms with Gasteiger partial charge in [0, 0.05) is 24.8 Å². The van der Waals surface area contributed by atoms with Crippen LogP contribution in [-0.4, -0.2) is 49.9 Å². The van der Waals surface area contributed by atoms with Crippen molar-refractivity contribution in [1.82, 2.24) is 30.1 Å². The first kappa shape index (κ1) is 21.4. The van der Waals surface area contributed by atoms with Crippen LogP contribution in [0.3, 0.4) is 0 Å². The minimum absolute atomic E-state index is 0.131. The van der Waals surface area contributed by atoms with Crippen molar-refractivity contribution in [3.63, 3.8) is 0 Å². The molecule has 1 aliphatic rings. The minimum Gasteiger partial charge on any atom is -0.497 e. The van der Waals surface area contributed by atoms with E-state index in [-0.39, 0.29) is 11.7 Å². The van der Waals surface area contributed by atoms with Crippen molar-refractivity contribution in [1.29, 1.82) is 0 Å². The van der Waals surface area contributed by atoms with Crippen LogP contribution in [0.2, 0.25) is 0 Å². The largest absolute Gasteiger partial charge is 0.497 e. The normalized spacial score (nSPS) is 16.1. The molecular formula is C23H26N6O4. The lowest BCUT2D eigenvalue weighted by atomic mass is 10.1. The van der Waals surface area contributed by atoms with Crippen molar-refractivity contribution in [2.75, 3.05) is 13.7 Å². The number of fused-ring (bicyclic) bond motifs is 1. The molecule has 1 aliphatic heterocycles. The number of furan rings is 1. The summed E-state index contributed by atoms with van der Waals surface area (Å²) in [6.07, 6.45) is 3.84. The summed E-state index contributed by atoms with van der Waals surface area (Å²) in [7, 11) is 1.60. The summed E-state index contributed by atoms with van der Waals surface area (Å²) in [5, 5.41) is 13.2. The Hall–Kier alpha value is -3.50. The summed E-state index contributed by atoms with van der Waals surface area (Å²) in [5.74, 6) is 2.22. The molecule has 0 radical (unpaired) electrons. The van der Waals surface area contributed by atoms with Gasteiger partial charge in [-0.15, -0.1) is 5.10 Å². The molecule has 0 bridgehead atoms. The molecule has 1 aromatic carbocycles. The molecule has 4 aromatic rings. The fraction of sp³-hybridized carbons (Fsp3) is 0.391. The number of benzene rings is 1. The van der Waals surface area contributed by atoms with Crippen LogP contribution in [0, 0.1) is 0 Å². The maximum atomic E-state index is 12.9. The molecule has 33 heavy (non-hydrogen) atoms. The molecule has 5 rings (SSSR count). The molecule has 4 heterocycles. The number of nitrogens with one attached hydrogen (secondary N) is 1. The quantitative estimate of drug-likeness (QED) is 0.414. The van der Waals surface area contributed by atoms with Crippen molar-refractivity contribution in [2.24, 2.45) is 0 Å². The van der Waals surface area contributed by atoms with Gasteiger partial charge in [-0.2, -0.15) is 0 Å². The van der Waals surface area contributed by atoms with Gasteiger partial charge in [-0.05, 0) is 59.0 Å². The third kappa shape index (κ3) is 4.96. The van der Waals surface area contributed by atoms with E-state index in [1.54, 1.807) is 18.1 Å². The Bertz CT molecular complexity index is 1260. The molecule has 0 aliphatic carbocycles. The van der Waals surface area contributed by atoms with Crippen LogP contribution >= 0.6 is 0 Å². The van der Waals surface area contributed by atoms with E-state index in [4.69, 9.17) is 13.9 Å².